The first-order valence-corrected chi connectivity index (χ1v) is 8.70. The van der Waals surface area contributed by atoms with Crippen LogP contribution in [0.15, 0.2) is 0 Å². The Morgan fingerprint density at radius 3 is 2.45 bits per heavy atom. The first-order valence-electron chi connectivity index (χ1n) is 8.70. The molecule has 0 aromatic rings. The van der Waals surface area contributed by atoms with E-state index < -0.39 is 0 Å². The number of amides is 1. The van der Waals surface area contributed by atoms with Crippen LogP contribution in [0.25, 0.3) is 0 Å². The summed E-state index contributed by atoms with van der Waals surface area (Å²) in [7, 11) is 0. The molecule has 1 aliphatic heterocycles. The SMILES string of the molecule is CCCCC(C)(C)CC(C(C)CCC)N1CCCC1=O. The van der Waals surface area contributed by atoms with Crippen LogP contribution in [0.2, 0.25) is 0 Å². The van der Waals surface area contributed by atoms with E-state index in [4.69, 9.17) is 0 Å². The van der Waals surface area contributed by atoms with Gasteiger partial charge in [-0.25, -0.2) is 0 Å². The lowest BCUT2D eigenvalue weighted by molar-refractivity contribution is -0.131. The molecule has 1 rings (SSSR count). The Kier molecular flexibility index (Phi) is 7.05. The third kappa shape index (κ3) is 5.10. The minimum atomic E-state index is 0.353. The maximum atomic E-state index is 12.2. The Labute approximate surface area is 126 Å². The molecule has 0 spiro atoms. The average Bonchev–Trinajstić information content (AvgIpc) is 2.80. The van der Waals surface area contributed by atoms with Gasteiger partial charge in [-0.2, -0.15) is 0 Å². The van der Waals surface area contributed by atoms with Gasteiger partial charge in [0.15, 0.2) is 0 Å². The largest absolute Gasteiger partial charge is 0.339 e. The number of hydrogen-bond acceptors (Lipinski definition) is 1. The Balaban J connectivity index is 2.74. The van der Waals surface area contributed by atoms with Gasteiger partial charge in [-0.1, -0.05) is 53.9 Å². The summed E-state index contributed by atoms with van der Waals surface area (Å²) in [5, 5.41) is 0. The van der Waals surface area contributed by atoms with E-state index in [1.807, 2.05) is 0 Å². The molecule has 1 saturated heterocycles. The van der Waals surface area contributed by atoms with Crippen LogP contribution in [0, 0.1) is 11.3 Å². The summed E-state index contributed by atoms with van der Waals surface area (Å²) in [6.45, 7) is 12.6. The van der Waals surface area contributed by atoms with E-state index in [-0.39, 0.29) is 0 Å². The van der Waals surface area contributed by atoms with Gasteiger partial charge in [-0.3, -0.25) is 4.79 Å². The van der Waals surface area contributed by atoms with Crippen molar-refractivity contribution in [2.75, 3.05) is 6.54 Å². The summed E-state index contributed by atoms with van der Waals surface area (Å²) < 4.78 is 0. The molecule has 2 atom stereocenters. The molecule has 2 unspecified atom stereocenters. The zero-order valence-corrected chi connectivity index (χ0v) is 14.4. The van der Waals surface area contributed by atoms with Gasteiger partial charge in [0.05, 0.1) is 0 Å². The second-order valence-corrected chi connectivity index (χ2v) is 7.50. The van der Waals surface area contributed by atoms with Gasteiger partial charge in [0, 0.05) is 19.0 Å². The zero-order chi connectivity index (χ0) is 15.2. The van der Waals surface area contributed by atoms with Crippen LogP contribution >= 0.6 is 0 Å². The number of rotatable bonds is 9. The molecule has 0 aromatic heterocycles. The van der Waals surface area contributed by atoms with Crippen molar-refractivity contribution in [3.8, 4) is 0 Å². The van der Waals surface area contributed by atoms with E-state index >= 15 is 0 Å². The highest BCUT2D eigenvalue weighted by atomic mass is 16.2. The fourth-order valence-electron chi connectivity index (χ4n) is 3.61. The summed E-state index contributed by atoms with van der Waals surface area (Å²) in [6.07, 6.45) is 9.29. The first-order chi connectivity index (χ1) is 9.41. The van der Waals surface area contributed by atoms with Crippen LogP contribution in [-0.2, 0) is 4.79 Å². The average molecular weight is 281 g/mol. The highest BCUT2D eigenvalue weighted by Crippen LogP contribution is 2.35. The molecule has 2 heteroatoms. The molecule has 0 aliphatic carbocycles. The van der Waals surface area contributed by atoms with E-state index in [2.05, 4.69) is 39.5 Å². The van der Waals surface area contributed by atoms with Crippen LogP contribution < -0.4 is 0 Å². The smallest absolute Gasteiger partial charge is 0.222 e. The van der Waals surface area contributed by atoms with Crippen LogP contribution in [0.4, 0.5) is 0 Å². The second-order valence-electron chi connectivity index (χ2n) is 7.50. The van der Waals surface area contributed by atoms with Gasteiger partial charge < -0.3 is 4.90 Å². The van der Waals surface area contributed by atoms with Crippen molar-refractivity contribution in [1.29, 1.82) is 0 Å². The molecule has 0 N–H and O–H groups in total. The quantitative estimate of drug-likeness (QED) is 0.581. The van der Waals surface area contributed by atoms with Crippen molar-refractivity contribution in [3.05, 3.63) is 0 Å². The molecule has 0 aromatic carbocycles. The Morgan fingerprint density at radius 1 is 1.25 bits per heavy atom. The maximum absolute atomic E-state index is 12.2. The van der Waals surface area contributed by atoms with Gasteiger partial charge in [0.2, 0.25) is 5.91 Å². The van der Waals surface area contributed by atoms with E-state index in [0.717, 1.165) is 19.4 Å². The molecular weight excluding hydrogens is 246 g/mol. The van der Waals surface area contributed by atoms with E-state index in [0.29, 0.717) is 23.3 Å². The molecule has 20 heavy (non-hydrogen) atoms. The lowest BCUT2D eigenvalue weighted by Crippen LogP contribution is -2.43. The van der Waals surface area contributed by atoms with Crippen molar-refractivity contribution in [1.82, 2.24) is 4.90 Å². The number of carbonyl (C=O) groups is 1. The molecule has 118 valence electrons. The van der Waals surface area contributed by atoms with E-state index in [1.54, 1.807) is 0 Å². The number of nitrogens with zero attached hydrogens (tertiary/aromatic N) is 1. The van der Waals surface area contributed by atoms with Crippen molar-refractivity contribution < 1.29 is 4.79 Å². The minimum Gasteiger partial charge on any atom is -0.339 e. The maximum Gasteiger partial charge on any atom is 0.222 e. The van der Waals surface area contributed by atoms with Gasteiger partial charge in [-0.05, 0) is 37.0 Å². The Hall–Kier alpha value is -0.530. The Morgan fingerprint density at radius 2 is 1.95 bits per heavy atom. The number of carbonyl (C=O) groups excluding carboxylic acids is 1. The number of likely N-dealkylation sites (tertiary alicyclic amines) is 1. The van der Waals surface area contributed by atoms with Crippen LogP contribution in [0.1, 0.15) is 86.0 Å². The molecule has 0 saturated carbocycles. The second kappa shape index (κ2) is 8.05. The lowest BCUT2D eigenvalue weighted by Gasteiger charge is -2.38. The predicted molar refractivity (Wildman–Crippen MR) is 86.7 cm³/mol. The fourth-order valence-corrected chi connectivity index (χ4v) is 3.61. The van der Waals surface area contributed by atoms with Gasteiger partial charge in [0.1, 0.15) is 0 Å². The molecule has 1 heterocycles. The summed E-state index contributed by atoms with van der Waals surface area (Å²) in [5.41, 5.74) is 0.353. The van der Waals surface area contributed by atoms with Gasteiger partial charge in [-0.15, -0.1) is 0 Å². The highest BCUT2D eigenvalue weighted by Gasteiger charge is 2.34. The van der Waals surface area contributed by atoms with Gasteiger partial charge in [0.25, 0.3) is 0 Å². The summed E-state index contributed by atoms with van der Waals surface area (Å²) in [5.74, 6) is 1.02. The number of unbranched alkanes of at least 4 members (excludes halogenated alkanes) is 1. The molecule has 0 bridgehead atoms. The summed E-state index contributed by atoms with van der Waals surface area (Å²) >= 11 is 0. The van der Waals surface area contributed by atoms with Crippen molar-refractivity contribution in [2.45, 2.75) is 92.0 Å². The molecule has 0 radical (unpaired) electrons. The predicted octanol–water partition coefficient (Wildman–Crippen LogP) is 5.02. The molecular formula is C18H35NO. The molecule has 1 fully saturated rings. The van der Waals surface area contributed by atoms with E-state index in [9.17, 15) is 4.79 Å². The van der Waals surface area contributed by atoms with Crippen molar-refractivity contribution in [2.24, 2.45) is 11.3 Å². The van der Waals surface area contributed by atoms with Crippen LogP contribution in [-0.4, -0.2) is 23.4 Å². The highest BCUT2D eigenvalue weighted by molar-refractivity contribution is 5.78. The van der Waals surface area contributed by atoms with Gasteiger partial charge >= 0.3 is 0 Å². The van der Waals surface area contributed by atoms with Crippen molar-refractivity contribution in [3.63, 3.8) is 0 Å². The first kappa shape index (κ1) is 17.5. The monoisotopic (exact) mass is 281 g/mol. The molecule has 1 aliphatic rings. The zero-order valence-electron chi connectivity index (χ0n) is 14.4. The van der Waals surface area contributed by atoms with Crippen molar-refractivity contribution >= 4 is 5.91 Å². The topological polar surface area (TPSA) is 20.3 Å². The minimum absolute atomic E-state index is 0.353. The van der Waals surface area contributed by atoms with Crippen LogP contribution in [0.3, 0.4) is 0 Å². The Bertz CT molecular complexity index is 298. The number of hydrogen-bond donors (Lipinski definition) is 0. The normalized spacial score (nSPS) is 19.4. The lowest BCUT2D eigenvalue weighted by atomic mass is 9.77. The van der Waals surface area contributed by atoms with Crippen LogP contribution in [0.5, 0.6) is 0 Å². The molecule has 2 nitrogen and oxygen atoms in total. The van der Waals surface area contributed by atoms with E-state index in [1.165, 1.54) is 38.5 Å². The third-order valence-corrected chi connectivity index (χ3v) is 4.88. The summed E-state index contributed by atoms with van der Waals surface area (Å²) in [6, 6.07) is 0.455. The summed E-state index contributed by atoms with van der Waals surface area (Å²) in [4.78, 5) is 14.4. The molecule has 1 amide bonds. The standard InChI is InChI=1S/C18H35NO/c1-6-8-12-18(4,5)14-16(15(3)10-7-2)19-13-9-11-17(19)20/h15-16H,6-14H2,1-5H3. The fraction of sp³-hybridized carbons (Fsp3) is 0.944. The third-order valence-electron chi connectivity index (χ3n) is 4.88.